The van der Waals surface area contributed by atoms with Crippen LogP contribution in [0.3, 0.4) is 0 Å². The quantitative estimate of drug-likeness (QED) is 0.760. The van der Waals surface area contributed by atoms with Crippen LogP contribution in [0.2, 0.25) is 0 Å². The van der Waals surface area contributed by atoms with Crippen molar-refractivity contribution >= 4 is 34.8 Å². The minimum Gasteiger partial charge on any atom is -0.355 e. The van der Waals surface area contributed by atoms with Gasteiger partial charge in [-0.05, 0) is 48.6 Å². The van der Waals surface area contributed by atoms with Crippen LogP contribution in [0.5, 0.6) is 0 Å². The third-order valence-electron chi connectivity index (χ3n) is 2.90. The molecule has 0 bridgehead atoms. The molecule has 112 valence electrons. The topological polar surface area (TPSA) is 70.2 Å². The predicted octanol–water partition coefficient (Wildman–Crippen LogP) is 2.17. The zero-order valence-electron chi connectivity index (χ0n) is 11.9. The molecule has 0 unspecified atom stereocenters. The van der Waals surface area contributed by atoms with Gasteiger partial charge in [-0.2, -0.15) is 0 Å². The van der Waals surface area contributed by atoms with E-state index in [4.69, 9.17) is 12.2 Å². The van der Waals surface area contributed by atoms with Gasteiger partial charge in [-0.25, -0.2) is 0 Å². The second-order valence-electron chi connectivity index (χ2n) is 4.43. The highest BCUT2D eigenvalue weighted by Gasteiger charge is 2.07. The van der Waals surface area contributed by atoms with Crippen LogP contribution in [-0.2, 0) is 0 Å². The lowest BCUT2D eigenvalue weighted by Crippen LogP contribution is -2.34. The first-order chi connectivity index (χ1) is 10.6. The van der Waals surface area contributed by atoms with Gasteiger partial charge in [-0.3, -0.25) is 14.9 Å². The van der Waals surface area contributed by atoms with Crippen molar-refractivity contribution in [2.75, 3.05) is 12.4 Å². The summed E-state index contributed by atoms with van der Waals surface area (Å²) in [5, 5.41) is 8.23. The lowest BCUT2D eigenvalue weighted by molar-refractivity contribution is 0.0959. The average Bonchev–Trinajstić information content (AvgIpc) is 2.55. The molecule has 2 rings (SSSR count). The summed E-state index contributed by atoms with van der Waals surface area (Å²) < 4.78 is 0. The maximum absolute atomic E-state index is 11.9. The Kier molecular flexibility index (Phi) is 5.21. The highest BCUT2D eigenvalue weighted by Crippen LogP contribution is 2.09. The van der Waals surface area contributed by atoms with Gasteiger partial charge in [-0.15, -0.1) is 0 Å². The first-order valence-corrected chi connectivity index (χ1v) is 7.00. The summed E-state index contributed by atoms with van der Waals surface area (Å²) >= 11 is 5.10. The van der Waals surface area contributed by atoms with Crippen LogP contribution < -0.4 is 16.0 Å². The molecule has 0 spiro atoms. The fourth-order valence-corrected chi connectivity index (χ4v) is 1.99. The summed E-state index contributed by atoms with van der Waals surface area (Å²) in [6, 6.07) is 15.6. The van der Waals surface area contributed by atoms with Crippen LogP contribution in [0, 0.1) is 0 Å². The summed E-state index contributed by atoms with van der Waals surface area (Å²) in [5.74, 6) is -0.438. The van der Waals surface area contributed by atoms with Crippen molar-refractivity contribution in [1.82, 2.24) is 10.6 Å². The van der Waals surface area contributed by atoms with Gasteiger partial charge in [0.15, 0.2) is 5.11 Å². The zero-order valence-corrected chi connectivity index (χ0v) is 12.7. The van der Waals surface area contributed by atoms with E-state index in [2.05, 4.69) is 16.0 Å². The van der Waals surface area contributed by atoms with Crippen LogP contribution >= 0.6 is 12.2 Å². The monoisotopic (exact) mass is 313 g/mol. The van der Waals surface area contributed by atoms with Crippen LogP contribution in [0.15, 0.2) is 54.6 Å². The Bertz CT molecular complexity index is 684. The van der Waals surface area contributed by atoms with Crippen LogP contribution in [0.1, 0.15) is 20.7 Å². The Hall–Kier alpha value is -2.73. The van der Waals surface area contributed by atoms with Gasteiger partial charge < -0.3 is 10.6 Å². The summed E-state index contributed by atoms with van der Waals surface area (Å²) in [6.45, 7) is 0. The third kappa shape index (κ3) is 4.13. The highest BCUT2D eigenvalue weighted by atomic mass is 32.1. The molecule has 5 nitrogen and oxygen atoms in total. The molecular formula is C16H15N3O2S. The molecule has 0 aliphatic carbocycles. The number of thiocarbonyl (C=S) groups is 1. The van der Waals surface area contributed by atoms with E-state index in [0.29, 0.717) is 16.8 Å². The summed E-state index contributed by atoms with van der Waals surface area (Å²) in [5.41, 5.74) is 1.76. The molecule has 0 saturated carbocycles. The van der Waals surface area contributed by atoms with Gasteiger partial charge >= 0.3 is 0 Å². The van der Waals surface area contributed by atoms with E-state index in [9.17, 15) is 9.59 Å². The maximum Gasteiger partial charge on any atom is 0.257 e. The predicted molar refractivity (Wildman–Crippen MR) is 90.0 cm³/mol. The molecule has 2 aromatic rings. The van der Waals surface area contributed by atoms with Crippen molar-refractivity contribution in [1.29, 1.82) is 0 Å². The van der Waals surface area contributed by atoms with Gasteiger partial charge in [0.1, 0.15) is 0 Å². The van der Waals surface area contributed by atoms with Crippen LogP contribution in [-0.4, -0.2) is 24.0 Å². The Morgan fingerprint density at radius 2 is 1.45 bits per heavy atom. The molecule has 0 fully saturated rings. The van der Waals surface area contributed by atoms with Crippen molar-refractivity contribution in [2.45, 2.75) is 0 Å². The van der Waals surface area contributed by atoms with Crippen molar-refractivity contribution in [3.63, 3.8) is 0 Å². The van der Waals surface area contributed by atoms with Gasteiger partial charge in [0.2, 0.25) is 0 Å². The fraction of sp³-hybridized carbons (Fsp3) is 0.0625. The Morgan fingerprint density at radius 1 is 0.864 bits per heavy atom. The summed E-state index contributed by atoms with van der Waals surface area (Å²) in [6.07, 6.45) is 0. The van der Waals surface area contributed by atoms with E-state index in [1.54, 1.807) is 55.6 Å². The normalized spacial score (nSPS) is 9.68. The molecular weight excluding hydrogens is 298 g/mol. The molecule has 2 aromatic carbocycles. The summed E-state index contributed by atoms with van der Waals surface area (Å²) in [7, 11) is 1.57. The first-order valence-electron chi connectivity index (χ1n) is 6.59. The largest absolute Gasteiger partial charge is 0.355 e. The first kappa shape index (κ1) is 15.7. The Balaban J connectivity index is 1.95. The van der Waals surface area contributed by atoms with E-state index in [1.165, 1.54) is 0 Å². The van der Waals surface area contributed by atoms with Crippen molar-refractivity contribution in [3.8, 4) is 0 Å². The average molecular weight is 313 g/mol. The van der Waals surface area contributed by atoms with Crippen molar-refractivity contribution in [3.05, 3.63) is 65.7 Å². The lowest BCUT2D eigenvalue weighted by atomic mass is 10.2. The van der Waals surface area contributed by atoms with E-state index in [-0.39, 0.29) is 16.9 Å². The molecule has 0 aliphatic rings. The molecule has 0 radical (unpaired) electrons. The Morgan fingerprint density at radius 3 is 2.05 bits per heavy atom. The number of amides is 2. The number of nitrogens with one attached hydrogen (secondary N) is 3. The van der Waals surface area contributed by atoms with Gasteiger partial charge in [0.05, 0.1) is 0 Å². The van der Waals surface area contributed by atoms with Crippen LogP contribution in [0.4, 0.5) is 5.69 Å². The molecule has 3 N–H and O–H groups in total. The number of anilines is 1. The van der Waals surface area contributed by atoms with Gasteiger partial charge in [-0.1, -0.05) is 18.2 Å². The van der Waals surface area contributed by atoms with Gasteiger partial charge in [0, 0.05) is 23.9 Å². The molecule has 0 saturated heterocycles. The van der Waals surface area contributed by atoms with E-state index in [0.717, 1.165) is 0 Å². The van der Waals surface area contributed by atoms with Gasteiger partial charge in [0.25, 0.3) is 11.8 Å². The Labute approximate surface area is 133 Å². The standard InChI is InChI=1S/C16H15N3O2S/c1-17-14(20)12-7-9-13(10-8-12)18-16(22)19-15(21)11-5-3-2-4-6-11/h2-10H,1H3,(H,17,20)(H2,18,19,21,22). The highest BCUT2D eigenvalue weighted by molar-refractivity contribution is 7.80. The zero-order chi connectivity index (χ0) is 15.9. The van der Waals surface area contributed by atoms with Crippen LogP contribution in [0.25, 0.3) is 0 Å². The number of carbonyl (C=O) groups is 2. The van der Waals surface area contributed by atoms with Crippen molar-refractivity contribution in [2.24, 2.45) is 0 Å². The number of benzene rings is 2. The van der Waals surface area contributed by atoms with Crippen molar-refractivity contribution < 1.29 is 9.59 Å². The molecule has 2 amide bonds. The number of hydrogen-bond donors (Lipinski definition) is 3. The lowest BCUT2D eigenvalue weighted by Gasteiger charge is -2.10. The molecule has 22 heavy (non-hydrogen) atoms. The molecule has 0 aliphatic heterocycles. The second kappa shape index (κ2) is 7.33. The molecule has 0 aromatic heterocycles. The maximum atomic E-state index is 11.9. The number of carbonyl (C=O) groups excluding carboxylic acids is 2. The van der Waals surface area contributed by atoms with E-state index < -0.39 is 0 Å². The number of rotatable bonds is 3. The SMILES string of the molecule is CNC(=O)c1ccc(NC(=S)NC(=O)c2ccccc2)cc1. The minimum atomic E-state index is -0.278. The molecule has 6 heteroatoms. The second-order valence-corrected chi connectivity index (χ2v) is 4.84. The number of hydrogen-bond acceptors (Lipinski definition) is 3. The third-order valence-corrected chi connectivity index (χ3v) is 3.10. The molecule has 0 heterocycles. The minimum absolute atomic E-state index is 0.161. The van der Waals surface area contributed by atoms with E-state index in [1.807, 2.05) is 6.07 Å². The summed E-state index contributed by atoms with van der Waals surface area (Å²) in [4.78, 5) is 23.4. The molecule has 0 atom stereocenters. The smallest absolute Gasteiger partial charge is 0.257 e. The van der Waals surface area contributed by atoms with E-state index >= 15 is 0 Å². The fourth-order valence-electron chi connectivity index (χ4n) is 1.78.